The van der Waals surface area contributed by atoms with Crippen LogP contribution in [0.3, 0.4) is 0 Å². The van der Waals surface area contributed by atoms with E-state index in [1.165, 1.54) is 0 Å². The Hall–Kier alpha value is -4.08. The standard InChI is InChI=1S/C28H33N5O5/c1-38-23-7-3-2-6-22(23)31-28(37)32-13-10-18(11-14-32)17-29-26(35)27(36)30-21-15-19-5-4-12-33-24(34)9-8-20(16-21)25(19)33/h2-3,6-7,15-16,18H,4-5,8-14,17H2,1H3,(H,29,35)(H,30,36)(H,31,37). The van der Waals surface area contributed by atoms with Crippen LogP contribution >= 0.6 is 0 Å². The maximum absolute atomic E-state index is 12.7. The second kappa shape index (κ2) is 11.1. The lowest BCUT2D eigenvalue weighted by atomic mass is 9.91. The number of benzene rings is 2. The molecule has 1 fully saturated rings. The number of anilines is 3. The molecule has 3 aliphatic heterocycles. The molecule has 0 bridgehead atoms. The van der Waals surface area contributed by atoms with Crippen molar-refractivity contribution < 1.29 is 23.9 Å². The van der Waals surface area contributed by atoms with Crippen molar-refractivity contribution in [2.45, 2.75) is 38.5 Å². The maximum Gasteiger partial charge on any atom is 0.321 e. The molecule has 5 rings (SSSR count). The number of carbonyl (C=O) groups is 4. The first kappa shape index (κ1) is 25.6. The molecular weight excluding hydrogens is 486 g/mol. The SMILES string of the molecule is COc1ccccc1NC(=O)N1CCC(CNC(=O)C(=O)Nc2cc3c4c(c2)CCC(=O)N4CCC3)CC1. The smallest absolute Gasteiger partial charge is 0.321 e. The lowest BCUT2D eigenvalue weighted by molar-refractivity contribution is -0.136. The third kappa shape index (κ3) is 5.44. The first-order valence-corrected chi connectivity index (χ1v) is 13.2. The Morgan fingerprint density at radius 2 is 1.68 bits per heavy atom. The fourth-order valence-electron chi connectivity index (χ4n) is 5.51. The summed E-state index contributed by atoms with van der Waals surface area (Å²) in [6, 6.07) is 10.8. The van der Waals surface area contributed by atoms with Crippen LogP contribution in [0.15, 0.2) is 36.4 Å². The summed E-state index contributed by atoms with van der Waals surface area (Å²) in [5.74, 6) is -0.449. The van der Waals surface area contributed by atoms with Crippen molar-refractivity contribution in [3.8, 4) is 5.75 Å². The summed E-state index contributed by atoms with van der Waals surface area (Å²) in [4.78, 5) is 53.6. The molecule has 3 aliphatic rings. The number of para-hydroxylation sites is 2. The highest BCUT2D eigenvalue weighted by atomic mass is 16.5. The van der Waals surface area contributed by atoms with Gasteiger partial charge >= 0.3 is 17.8 Å². The Labute approximate surface area is 221 Å². The van der Waals surface area contributed by atoms with Crippen LogP contribution in [0.1, 0.15) is 36.8 Å². The van der Waals surface area contributed by atoms with Gasteiger partial charge in [0, 0.05) is 38.3 Å². The van der Waals surface area contributed by atoms with Crippen LogP contribution in [-0.2, 0) is 27.2 Å². The summed E-state index contributed by atoms with van der Waals surface area (Å²) in [6.07, 6.45) is 4.29. The van der Waals surface area contributed by atoms with Crippen LogP contribution in [0, 0.1) is 5.92 Å². The molecule has 200 valence electrons. The molecule has 0 aliphatic carbocycles. The molecule has 10 nitrogen and oxygen atoms in total. The van der Waals surface area contributed by atoms with Crippen LogP contribution in [0.4, 0.5) is 21.9 Å². The summed E-state index contributed by atoms with van der Waals surface area (Å²) >= 11 is 0. The van der Waals surface area contributed by atoms with Gasteiger partial charge in [-0.25, -0.2) is 4.79 Å². The summed E-state index contributed by atoms with van der Waals surface area (Å²) in [5, 5.41) is 8.37. The Balaban J connectivity index is 1.09. The Morgan fingerprint density at radius 3 is 2.45 bits per heavy atom. The minimum absolute atomic E-state index is 0.150. The van der Waals surface area contributed by atoms with E-state index in [-0.39, 0.29) is 17.9 Å². The van der Waals surface area contributed by atoms with Crippen LogP contribution in [0.2, 0.25) is 0 Å². The molecule has 5 amide bonds. The molecule has 3 N–H and O–H groups in total. The number of rotatable bonds is 5. The molecule has 3 heterocycles. The average molecular weight is 520 g/mol. The van der Waals surface area contributed by atoms with Gasteiger partial charge in [-0.3, -0.25) is 14.4 Å². The minimum Gasteiger partial charge on any atom is -0.495 e. The molecule has 2 aromatic rings. The predicted octanol–water partition coefficient (Wildman–Crippen LogP) is 2.92. The van der Waals surface area contributed by atoms with Gasteiger partial charge in [-0.2, -0.15) is 0 Å². The second-order valence-corrected chi connectivity index (χ2v) is 10.0. The normalized spacial score (nSPS) is 16.9. The fourth-order valence-corrected chi connectivity index (χ4v) is 5.51. The van der Waals surface area contributed by atoms with E-state index in [4.69, 9.17) is 4.74 Å². The van der Waals surface area contributed by atoms with Crippen molar-refractivity contribution in [1.82, 2.24) is 10.2 Å². The molecule has 0 saturated carbocycles. The zero-order chi connectivity index (χ0) is 26.6. The maximum atomic E-state index is 12.7. The van der Waals surface area contributed by atoms with Gasteiger partial charge in [0.05, 0.1) is 18.5 Å². The summed E-state index contributed by atoms with van der Waals surface area (Å²) in [5.41, 5.74) is 4.27. The van der Waals surface area contributed by atoms with Gasteiger partial charge < -0.3 is 30.5 Å². The second-order valence-electron chi connectivity index (χ2n) is 10.0. The molecule has 10 heteroatoms. The van der Waals surface area contributed by atoms with Crippen LogP contribution in [0.25, 0.3) is 0 Å². The number of urea groups is 1. The molecule has 0 aromatic heterocycles. The van der Waals surface area contributed by atoms with Gasteiger partial charge in [-0.1, -0.05) is 12.1 Å². The largest absolute Gasteiger partial charge is 0.495 e. The van der Waals surface area contributed by atoms with E-state index < -0.39 is 11.8 Å². The zero-order valence-corrected chi connectivity index (χ0v) is 21.5. The van der Waals surface area contributed by atoms with Crippen molar-refractivity contribution in [3.63, 3.8) is 0 Å². The number of piperidine rings is 1. The van der Waals surface area contributed by atoms with Gasteiger partial charge in [0.2, 0.25) is 5.91 Å². The first-order valence-electron chi connectivity index (χ1n) is 13.2. The van der Waals surface area contributed by atoms with Gasteiger partial charge in [0.15, 0.2) is 0 Å². The Kier molecular flexibility index (Phi) is 7.48. The average Bonchev–Trinajstić information content (AvgIpc) is 2.94. The van der Waals surface area contributed by atoms with Gasteiger partial charge in [0.1, 0.15) is 5.75 Å². The van der Waals surface area contributed by atoms with E-state index in [0.29, 0.717) is 49.6 Å². The quantitative estimate of drug-likeness (QED) is 0.525. The molecule has 38 heavy (non-hydrogen) atoms. The van der Waals surface area contributed by atoms with E-state index in [1.54, 1.807) is 24.1 Å². The highest BCUT2D eigenvalue weighted by molar-refractivity contribution is 6.39. The summed E-state index contributed by atoms with van der Waals surface area (Å²) in [7, 11) is 1.56. The Morgan fingerprint density at radius 1 is 0.947 bits per heavy atom. The highest BCUT2D eigenvalue weighted by Crippen LogP contribution is 2.37. The van der Waals surface area contributed by atoms with Crippen LogP contribution in [0.5, 0.6) is 5.75 Å². The van der Waals surface area contributed by atoms with E-state index in [2.05, 4.69) is 16.0 Å². The van der Waals surface area contributed by atoms with E-state index in [1.807, 2.05) is 29.2 Å². The first-order chi connectivity index (χ1) is 18.4. The minimum atomic E-state index is -0.703. The number of ether oxygens (including phenoxy) is 1. The number of likely N-dealkylation sites (tertiary alicyclic amines) is 1. The number of hydrogen-bond donors (Lipinski definition) is 3. The molecule has 0 atom stereocenters. The number of hydrogen-bond acceptors (Lipinski definition) is 5. The number of nitrogens with one attached hydrogen (secondary N) is 3. The van der Waals surface area contributed by atoms with Crippen LogP contribution in [-0.4, -0.2) is 61.9 Å². The molecular formula is C28H33N5O5. The number of amides is 5. The lowest BCUT2D eigenvalue weighted by Gasteiger charge is -2.35. The zero-order valence-electron chi connectivity index (χ0n) is 21.5. The summed E-state index contributed by atoms with van der Waals surface area (Å²) < 4.78 is 5.29. The molecule has 0 spiro atoms. The van der Waals surface area contributed by atoms with E-state index in [9.17, 15) is 19.2 Å². The van der Waals surface area contributed by atoms with Gasteiger partial charge in [0.25, 0.3) is 0 Å². The van der Waals surface area contributed by atoms with Crippen LogP contribution < -0.4 is 25.6 Å². The van der Waals surface area contributed by atoms with Crippen molar-refractivity contribution >= 4 is 40.8 Å². The monoisotopic (exact) mass is 519 g/mol. The highest BCUT2D eigenvalue weighted by Gasteiger charge is 2.30. The van der Waals surface area contributed by atoms with E-state index >= 15 is 0 Å². The number of methoxy groups -OCH3 is 1. The van der Waals surface area contributed by atoms with Crippen molar-refractivity contribution in [1.29, 1.82) is 0 Å². The summed E-state index contributed by atoms with van der Waals surface area (Å²) in [6.45, 7) is 2.23. The van der Waals surface area contributed by atoms with E-state index in [0.717, 1.165) is 49.0 Å². The third-order valence-electron chi connectivity index (χ3n) is 7.54. The lowest BCUT2D eigenvalue weighted by Crippen LogP contribution is -2.44. The molecule has 2 aromatic carbocycles. The third-order valence-corrected chi connectivity index (χ3v) is 7.54. The molecule has 0 unspecified atom stereocenters. The number of carbonyl (C=O) groups excluding carboxylic acids is 4. The van der Waals surface area contributed by atoms with Gasteiger partial charge in [-0.15, -0.1) is 0 Å². The molecule has 0 radical (unpaired) electrons. The fraction of sp³-hybridized carbons (Fsp3) is 0.429. The van der Waals surface area contributed by atoms with Crippen molar-refractivity contribution in [2.75, 3.05) is 48.8 Å². The topological polar surface area (TPSA) is 120 Å². The van der Waals surface area contributed by atoms with Crippen molar-refractivity contribution in [3.05, 3.63) is 47.5 Å². The molecule has 1 saturated heterocycles. The number of aryl methyl sites for hydroxylation is 2. The Bertz CT molecular complexity index is 1240. The number of nitrogens with zero attached hydrogens (tertiary/aromatic N) is 2. The predicted molar refractivity (Wildman–Crippen MR) is 143 cm³/mol. The van der Waals surface area contributed by atoms with Gasteiger partial charge in [-0.05, 0) is 73.4 Å². The van der Waals surface area contributed by atoms with Crippen molar-refractivity contribution in [2.24, 2.45) is 5.92 Å².